The van der Waals surface area contributed by atoms with Crippen LogP contribution in [0.4, 0.5) is 0 Å². The molecule has 0 heterocycles. The van der Waals surface area contributed by atoms with Gasteiger partial charge in [-0.15, -0.1) is 0 Å². The van der Waals surface area contributed by atoms with Gasteiger partial charge in [0.05, 0.1) is 6.04 Å². The van der Waals surface area contributed by atoms with E-state index in [9.17, 15) is 4.79 Å². The van der Waals surface area contributed by atoms with E-state index in [4.69, 9.17) is 5.73 Å². The number of rotatable bonds is 5. The van der Waals surface area contributed by atoms with Crippen molar-refractivity contribution in [2.45, 2.75) is 45.6 Å². The lowest BCUT2D eigenvalue weighted by molar-refractivity contribution is -0.118. The fraction of sp³-hybridized carbons (Fsp3) is 0.875. The third kappa shape index (κ3) is 4.50. The number of hydrogen-bond donors (Lipinski definition) is 1. The summed E-state index contributed by atoms with van der Waals surface area (Å²) < 4.78 is 0. The Morgan fingerprint density at radius 1 is 1.50 bits per heavy atom. The lowest BCUT2D eigenvalue weighted by Gasteiger charge is -2.05. The molecule has 0 fully saturated rings. The Hall–Kier alpha value is -0.370. The number of unbranched alkanes of at least 4 members (excludes halogenated alkanes) is 2. The van der Waals surface area contributed by atoms with Crippen LogP contribution in [0.1, 0.15) is 39.5 Å². The van der Waals surface area contributed by atoms with E-state index in [1.165, 1.54) is 12.8 Å². The molecule has 60 valence electrons. The maximum absolute atomic E-state index is 10.6. The summed E-state index contributed by atoms with van der Waals surface area (Å²) in [6.07, 6.45) is 4.30. The van der Waals surface area contributed by atoms with Crippen LogP contribution in [-0.2, 0) is 4.79 Å². The zero-order chi connectivity index (χ0) is 7.98. The van der Waals surface area contributed by atoms with Crippen molar-refractivity contribution in [3.8, 4) is 0 Å². The largest absolute Gasteiger partial charge is 0.322 e. The normalized spacial score (nSPS) is 13.1. The Labute approximate surface area is 62.8 Å². The van der Waals surface area contributed by atoms with Gasteiger partial charge in [0.2, 0.25) is 0 Å². The van der Waals surface area contributed by atoms with Crippen LogP contribution in [0.25, 0.3) is 0 Å². The Balaban J connectivity index is 3.21. The summed E-state index contributed by atoms with van der Waals surface area (Å²) in [5, 5.41) is 0. The van der Waals surface area contributed by atoms with Crippen molar-refractivity contribution < 1.29 is 4.79 Å². The van der Waals surface area contributed by atoms with E-state index in [-0.39, 0.29) is 11.8 Å². The number of nitrogens with two attached hydrogens (primary N) is 1. The highest BCUT2D eigenvalue weighted by Gasteiger charge is 2.05. The van der Waals surface area contributed by atoms with Crippen molar-refractivity contribution in [3.05, 3.63) is 0 Å². The van der Waals surface area contributed by atoms with Crippen LogP contribution in [0.2, 0.25) is 0 Å². The standard InChI is InChI=1S/C8H17NO/c1-3-4-5-6-8(9)7(2)10/h8H,3-6,9H2,1-2H3/t8-/m0/s1. The molecule has 0 rings (SSSR count). The molecule has 0 aliphatic carbocycles. The fourth-order valence-corrected chi connectivity index (χ4v) is 0.818. The third-order valence-corrected chi connectivity index (χ3v) is 1.64. The molecule has 1 atom stereocenters. The van der Waals surface area contributed by atoms with Crippen molar-refractivity contribution in [2.75, 3.05) is 0 Å². The zero-order valence-corrected chi connectivity index (χ0v) is 6.89. The molecule has 0 aromatic rings. The molecule has 0 aromatic heterocycles. The van der Waals surface area contributed by atoms with Gasteiger partial charge >= 0.3 is 0 Å². The van der Waals surface area contributed by atoms with Crippen LogP contribution in [0.3, 0.4) is 0 Å². The molecule has 0 bridgehead atoms. The van der Waals surface area contributed by atoms with Crippen LogP contribution in [0.15, 0.2) is 0 Å². The van der Waals surface area contributed by atoms with Crippen molar-refractivity contribution in [2.24, 2.45) is 5.73 Å². The second-order valence-electron chi connectivity index (χ2n) is 2.71. The summed E-state index contributed by atoms with van der Waals surface area (Å²) in [5.41, 5.74) is 5.51. The molecule has 2 heteroatoms. The summed E-state index contributed by atoms with van der Waals surface area (Å²) in [6, 6.07) is -0.216. The summed E-state index contributed by atoms with van der Waals surface area (Å²) in [4.78, 5) is 10.6. The Kier molecular flexibility index (Phi) is 5.22. The van der Waals surface area contributed by atoms with Crippen LogP contribution < -0.4 is 5.73 Å². The SMILES string of the molecule is CCCCC[C@H](N)C(C)=O. The summed E-state index contributed by atoms with van der Waals surface area (Å²) >= 11 is 0. The molecule has 0 spiro atoms. The Morgan fingerprint density at radius 3 is 2.50 bits per heavy atom. The molecule has 0 aliphatic heterocycles. The highest BCUT2D eigenvalue weighted by Crippen LogP contribution is 2.01. The molecule has 0 unspecified atom stereocenters. The lowest BCUT2D eigenvalue weighted by Crippen LogP contribution is -2.27. The lowest BCUT2D eigenvalue weighted by atomic mass is 10.1. The molecule has 0 amide bonds. The molecular weight excluding hydrogens is 126 g/mol. The fourth-order valence-electron chi connectivity index (χ4n) is 0.818. The topological polar surface area (TPSA) is 43.1 Å². The second-order valence-corrected chi connectivity index (χ2v) is 2.71. The first-order chi connectivity index (χ1) is 4.68. The molecule has 0 aromatic carbocycles. The van der Waals surface area contributed by atoms with E-state index in [0.717, 1.165) is 12.8 Å². The van der Waals surface area contributed by atoms with Gasteiger partial charge in [-0.1, -0.05) is 26.2 Å². The van der Waals surface area contributed by atoms with E-state index < -0.39 is 0 Å². The average Bonchev–Trinajstić information content (AvgIpc) is 1.88. The van der Waals surface area contributed by atoms with Crippen molar-refractivity contribution >= 4 is 5.78 Å². The van der Waals surface area contributed by atoms with Gasteiger partial charge in [-0.25, -0.2) is 0 Å². The molecule has 0 aliphatic rings. The van der Waals surface area contributed by atoms with E-state index in [2.05, 4.69) is 6.92 Å². The number of ketones is 1. The van der Waals surface area contributed by atoms with Crippen molar-refractivity contribution in [1.29, 1.82) is 0 Å². The van der Waals surface area contributed by atoms with Gasteiger partial charge in [0.25, 0.3) is 0 Å². The molecule has 2 N–H and O–H groups in total. The van der Waals surface area contributed by atoms with E-state index in [1.807, 2.05) is 0 Å². The van der Waals surface area contributed by atoms with E-state index >= 15 is 0 Å². The minimum absolute atomic E-state index is 0.108. The molecule has 2 nitrogen and oxygen atoms in total. The molecule has 0 radical (unpaired) electrons. The van der Waals surface area contributed by atoms with Gasteiger partial charge in [0.1, 0.15) is 5.78 Å². The quantitative estimate of drug-likeness (QED) is 0.592. The third-order valence-electron chi connectivity index (χ3n) is 1.64. The van der Waals surface area contributed by atoms with E-state index in [1.54, 1.807) is 6.92 Å². The minimum atomic E-state index is -0.216. The summed E-state index contributed by atoms with van der Waals surface area (Å²) in [6.45, 7) is 3.69. The first-order valence-corrected chi connectivity index (χ1v) is 3.94. The van der Waals surface area contributed by atoms with E-state index in [0.29, 0.717) is 0 Å². The predicted octanol–water partition coefficient (Wildman–Crippen LogP) is 1.48. The molecular formula is C8H17NO. The van der Waals surface area contributed by atoms with Gasteiger partial charge in [-0.3, -0.25) is 4.79 Å². The Bertz CT molecular complexity index is 101. The van der Waals surface area contributed by atoms with Crippen LogP contribution in [-0.4, -0.2) is 11.8 Å². The maximum Gasteiger partial charge on any atom is 0.146 e. The zero-order valence-electron chi connectivity index (χ0n) is 6.89. The number of carbonyl (C=O) groups is 1. The van der Waals surface area contributed by atoms with Crippen LogP contribution >= 0.6 is 0 Å². The smallest absolute Gasteiger partial charge is 0.146 e. The molecule has 10 heavy (non-hydrogen) atoms. The summed E-state index contributed by atoms with van der Waals surface area (Å²) in [5.74, 6) is 0.108. The van der Waals surface area contributed by atoms with Crippen molar-refractivity contribution in [3.63, 3.8) is 0 Å². The maximum atomic E-state index is 10.6. The second kappa shape index (κ2) is 5.42. The highest BCUT2D eigenvalue weighted by molar-refractivity contribution is 5.80. The van der Waals surface area contributed by atoms with Crippen LogP contribution in [0, 0.1) is 0 Å². The monoisotopic (exact) mass is 143 g/mol. The predicted molar refractivity (Wildman–Crippen MR) is 42.8 cm³/mol. The van der Waals surface area contributed by atoms with Gasteiger partial charge < -0.3 is 5.73 Å². The van der Waals surface area contributed by atoms with Gasteiger partial charge in [-0.2, -0.15) is 0 Å². The average molecular weight is 143 g/mol. The van der Waals surface area contributed by atoms with Gasteiger partial charge in [-0.05, 0) is 13.3 Å². The first-order valence-electron chi connectivity index (χ1n) is 3.94. The number of Topliss-reactive ketones (excluding diaryl/α,β-unsaturated/α-hetero) is 1. The first kappa shape index (κ1) is 9.63. The van der Waals surface area contributed by atoms with Gasteiger partial charge in [0, 0.05) is 0 Å². The highest BCUT2D eigenvalue weighted by atomic mass is 16.1. The summed E-state index contributed by atoms with van der Waals surface area (Å²) in [7, 11) is 0. The van der Waals surface area contributed by atoms with Gasteiger partial charge in [0.15, 0.2) is 0 Å². The minimum Gasteiger partial charge on any atom is -0.322 e. The molecule has 0 saturated heterocycles. The van der Waals surface area contributed by atoms with Crippen molar-refractivity contribution in [1.82, 2.24) is 0 Å². The molecule has 0 saturated carbocycles. The number of carbonyl (C=O) groups excluding carboxylic acids is 1. The van der Waals surface area contributed by atoms with Crippen LogP contribution in [0.5, 0.6) is 0 Å². The Morgan fingerprint density at radius 2 is 2.10 bits per heavy atom. The number of hydrogen-bond acceptors (Lipinski definition) is 2.